The minimum absolute atomic E-state index is 0.0148. The molecule has 1 atom stereocenters. The lowest BCUT2D eigenvalue weighted by Gasteiger charge is -2.31. The quantitative estimate of drug-likeness (QED) is 0.427. The number of nitrogens with zero attached hydrogens (tertiary/aromatic N) is 1. The van der Waals surface area contributed by atoms with Gasteiger partial charge in [-0.3, -0.25) is 0 Å². The molecule has 0 aliphatic rings. The third-order valence-corrected chi connectivity index (χ3v) is 4.90. The fourth-order valence-electron chi connectivity index (χ4n) is 3.30. The van der Waals surface area contributed by atoms with Crippen molar-refractivity contribution in [2.75, 3.05) is 0 Å². The van der Waals surface area contributed by atoms with Crippen molar-refractivity contribution in [3.63, 3.8) is 0 Å². The second kappa shape index (κ2) is 8.82. The summed E-state index contributed by atoms with van der Waals surface area (Å²) in [6.45, 7) is 6.70. The average Bonchev–Trinajstić information content (AvgIpc) is 2.69. The van der Waals surface area contributed by atoms with Gasteiger partial charge in [-0.05, 0) is 12.8 Å². The highest BCUT2D eigenvalue weighted by atomic mass is 35.5. The normalized spacial score (nSPS) is 14.4. The van der Waals surface area contributed by atoms with E-state index in [1.54, 1.807) is 11.6 Å². The van der Waals surface area contributed by atoms with Crippen molar-refractivity contribution in [1.29, 1.82) is 0 Å². The summed E-state index contributed by atoms with van der Waals surface area (Å²) < 4.78 is 15.5. The largest absolute Gasteiger partial charge is 0.323 e. The van der Waals surface area contributed by atoms with E-state index in [1.807, 2.05) is 0 Å². The van der Waals surface area contributed by atoms with Crippen LogP contribution < -0.4 is 0 Å². The molecular weight excluding hydrogens is 285 g/mol. The lowest BCUT2D eigenvalue weighted by atomic mass is 9.77. The molecule has 0 bridgehead atoms. The molecule has 0 spiro atoms. The van der Waals surface area contributed by atoms with Gasteiger partial charge in [0, 0.05) is 24.2 Å². The molecule has 122 valence electrons. The third-order valence-electron chi connectivity index (χ3n) is 4.61. The Bertz CT molecular complexity index is 427. The topological polar surface area (TPSA) is 4.93 Å². The number of hydrogen-bond donors (Lipinski definition) is 0. The monoisotopic (exact) mass is 315 g/mol. The average molecular weight is 316 g/mol. The van der Waals surface area contributed by atoms with Gasteiger partial charge in [-0.15, -0.1) is 0 Å². The van der Waals surface area contributed by atoms with E-state index >= 15 is 0 Å². The van der Waals surface area contributed by atoms with Crippen molar-refractivity contribution in [2.24, 2.45) is 7.05 Å². The highest BCUT2D eigenvalue weighted by Crippen LogP contribution is 2.40. The van der Waals surface area contributed by atoms with Crippen LogP contribution in [-0.4, -0.2) is 4.57 Å². The predicted molar refractivity (Wildman–Crippen MR) is 90.6 cm³/mol. The summed E-state index contributed by atoms with van der Waals surface area (Å²) in [5.74, 6) is -0.231. The van der Waals surface area contributed by atoms with Crippen LogP contribution in [0.25, 0.3) is 0 Å². The Morgan fingerprint density at radius 3 is 2.05 bits per heavy atom. The van der Waals surface area contributed by atoms with Crippen LogP contribution in [0, 0.1) is 5.95 Å². The number of aromatic nitrogens is 1. The van der Waals surface area contributed by atoms with Gasteiger partial charge in [0.05, 0.1) is 5.02 Å². The Balaban J connectivity index is 2.88. The first kappa shape index (κ1) is 18.5. The predicted octanol–water partition coefficient (Wildman–Crippen LogP) is 6.63. The molecule has 0 aliphatic heterocycles. The maximum Gasteiger partial charge on any atom is 0.195 e. The molecule has 0 saturated carbocycles. The van der Waals surface area contributed by atoms with Crippen molar-refractivity contribution in [3.8, 4) is 0 Å². The van der Waals surface area contributed by atoms with Gasteiger partial charge in [-0.1, -0.05) is 77.3 Å². The molecule has 21 heavy (non-hydrogen) atoms. The van der Waals surface area contributed by atoms with Gasteiger partial charge in [0.1, 0.15) is 0 Å². The first-order chi connectivity index (χ1) is 9.96. The van der Waals surface area contributed by atoms with Crippen molar-refractivity contribution in [2.45, 2.75) is 84.0 Å². The maximum atomic E-state index is 13.8. The molecular formula is C18H31ClFN. The lowest BCUT2D eigenvalue weighted by molar-refractivity contribution is 0.341. The van der Waals surface area contributed by atoms with E-state index in [1.165, 1.54) is 51.0 Å². The molecule has 1 aromatic rings. The van der Waals surface area contributed by atoms with Gasteiger partial charge in [0.2, 0.25) is 0 Å². The van der Waals surface area contributed by atoms with Gasteiger partial charge in [-0.25, -0.2) is 0 Å². The van der Waals surface area contributed by atoms with Crippen molar-refractivity contribution >= 4 is 11.6 Å². The zero-order valence-electron chi connectivity index (χ0n) is 14.1. The number of unbranched alkanes of at least 4 members (excludes halogenated alkanes) is 5. The first-order valence-corrected chi connectivity index (χ1v) is 8.85. The van der Waals surface area contributed by atoms with Crippen LogP contribution in [0.3, 0.4) is 0 Å². The maximum absolute atomic E-state index is 13.8. The third kappa shape index (κ3) is 5.02. The Hall–Kier alpha value is -0.500. The molecule has 1 unspecified atom stereocenters. The Kier molecular flexibility index (Phi) is 7.79. The Morgan fingerprint density at radius 1 is 1.05 bits per heavy atom. The molecule has 0 saturated heterocycles. The fraction of sp³-hybridized carbons (Fsp3) is 0.778. The van der Waals surface area contributed by atoms with E-state index in [9.17, 15) is 4.39 Å². The van der Waals surface area contributed by atoms with Gasteiger partial charge in [0.15, 0.2) is 5.95 Å². The van der Waals surface area contributed by atoms with Crippen LogP contribution in [0.1, 0.15) is 84.3 Å². The summed E-state index contributed by atoms with van der Waals surface area (Å²) in [5.41, 5.74) is 0.966. The SMILES string of the molecule is CCCCCCC(C)(CCCCC)c1c(Cl)cc(F)n1C. The molecule has 0 radical (unpaired) electrons. The molecule has 1 rings (SSSR count). The Morgan fingerprint density at radius 2 is 1.57 bits per heavy atom. The summed E-state index contributed by atoms with van der Waals surface area (Å²) in [6, 6.07) is 1.46. The summed E-state index contributed by atoms with van der Waals surface area (Å²) in [5, 5.41) is 0.587. The van der Waals surface area contributed by atoms with Gasteiger partial charge in [-0.2, -0.15) is 4.39 Å². The van der Waals surface area contributed by atoms with Crippen molar-refractivity contribution < 1.29 is 4.39 Å². The molecule has 0 aromatic carbocycles. The van der Waals surface area contributed by atoms with Gasteiger partial charge in [0.25, 0.3) is 0 Å². The number of hydrogen-bond acceptors (Lipinski definition) is 0. The van der Waals surface area contributed by atoms with Crippen LogP contribution >= 0.6 is 11.6 Å². The lowest BCUT2D eigenvalue weighted by Crippen LogP contribution is -2.26. The minimum atomic E-state index is -0.231. The second-order valence-corrected chi connectivity index (χ2v) is 6.96. The number of rotatable bonds is 10. The zero-order chi connectivity index (χ0) is 15.9. The van der Waals surface area contributed by atoms with Crippen LogP contribution in [-0.2, 0) is 12.5 Å². The summed E-state index contributed by atoms with van der Waals surface area (Å²) in [6.07, 6.45) is 10.8. The molecule has 1 aromatic heterocycles. The molecule has 0 N–H and O–H groups in total. The van der Waals surface area contributed by atoms with E-state index < -0.39 is 0 Å². The summed E-state index contributed by atoms with van der Waals surface area (Å²) in [4.78, 5) is 0. The zero-order valence-corrected chi connectivity index (χ0v) is 14.9. The van der Waals surface area contributed by atoms with E-state index in [-0.39, 0.29) is 11.4 Å². The first-order valence-electron chi connectivity index (χ1n) is 8.47. The van der Waals surface area contributed by atoms with Gasteiger partial charge < -0.3 is 4.57 Å². The molecule has 0 aliphatic carbocycles. The molecule has 0 amide bonds. The fourth-order valence-corrected chi connectivity index (χ4v) is 3.74. The van der Waals surface area contributed by atoms with E-state index in [0.717, 1.165) is 18.5 Å². The van der Waals surface area contributed by atoms with Crippen LogP contribution in [0.5, 0.6) is 0 Å². The van der Waals surface area contributed by atoms with E-state index in [4.69, 9.17) is 11.6 Å². The molecule has 0 fully saturated rings. The molecule has 1 nitrogen and oxygen atoms in total. The summed E-state index contributed by atoms with van der Waals surface area (Å²) >= 11 is 6.33. The highest BCUT2D eigenvalue weighted by Gasteiger charge is 2.31. The highest BCUT2D eigenvalue weighted by molar-refractivity contribution is 6.31. The van der Waals surface area contributed by atoms with Crippen molar-refractivity contribution in [1.82, 2.24) is 4.57 Å². The number of halogens is 2. The van der Waals surface area contributed by atoms with Gasteiger partial charge >= 0.3 is 0 Å². The van der Waals surface area contributed by atoms with Crippen molar-refractivity contribution in [3.05, 3.63) is 22.7 Å². The van der Waals surface area contributed by atoms with Crippen LogP contribution in [0.2, 0.25) is 5.02 Å². The molecule has 1 heterocycles. The van der Waals surface area contributed by atoms with Crippen LogP contribution in [0.4, 0.5) is 4.39 Å². The smallest absolute Gasteiger partial charge is 0.195 e. The van der Waals surface area contributed by atoms with E-state index in [2.05, 4.69) is 20.8 Å². The van der Waals surface area contributed by atoms with Crippen LogP contribution in [0.15, 0.2) is 6.07 Å². The Labute approximate surface area is 134 Å². The van der Waals surface area contributed by atoms with E-state index in [0.29, 0.717) is 5.02 Å². The standard InChI is InChI=1S/C18H31ClFN/c1-5-7-9-11-13-18(3,12-10-8-6-2)17-15(19)14-16(20)21(17)4/h14H,5-13H2,1-4H3. The summed E-state index contributed by atoms with van der Waals surface area (Å²) in [7, 11) is 1.79. The minimum Gasteiger partial charge on any atom is -0.323 e. The second-order valence-electron chi connectivity index (χ2n) is 6.55. The molecule has 3 heteroatoms.